The number of ether oxygens (including phenoxy) is 1. The van der Waals surface area contributed by atoms with E-state index in [1.54, 1.807) is 6.92 Å². The molecule has 1 aromatic rings. The Morgan fingerprint density at radius 3 is 2.57 bits per heavy atom. The molecule has 0 aromatic carbocycles. The molecule has 1 amide bonds. The number of hydrogen-bond donors (Lipinski definition) is 1. The van der Waals surface area contributed by atoms with Crippen molar-refractivity contribution in [1.82, 2.24) is 0 Å². The summed E-state index contributed by atoms with van der Waals surface area (Å²) in [6.45, 7) is 5.81. The van der Waals surface area contributed by atoms with Crippen LogP contribution in [-0.2, 0) is 25.8 Å². The Hall–Kier alpha value is -1.41. The van der Waals surface area contributed by atoms with Crippen LogP contribution >= 0.6 is 11.3 Å². The number of hydrogen-bond acceptors (Lipinski definition) is 6. The molecule has 6 nitrogen and oxygen atoms in total. The second kappa shape index (κ2) is 7.00. The van der Waals surface area contributed by atoms with Gasteiger partial charge in [0.05, 0.1) is 29.6 Å². The van der Waals surface area contributed by atoms with Gasteiger partial charge in [-0.1, -0.05) is 6.92 Å². The van der Waals surface area contributed by atoms with E-state index >= 15 is 0 Å². The summed E-state index contributed by atoms with van der Waals surface area (Å²) < 4.78 is 28.1. The molecule has 0 radical (unpaired) electrons. The van der Waals surface area contributed by atoms with Crippen molar-refractivity contribution in [2.45, 2.75) is 33.6 Å². The van der Waals surface area contributed by atoms with E-state index in [2.05, 4.69) is 5.32 Å². The zero-order valence-corrected chi connectivity index (χ0v) is 15.1. The van der Waals surface area contributed by atoms with Crippen LogP contribution in [0.1, 0.15) is 41.1 Å². The van der Waals surface area contributed by atoms with E-state index < -0.39 is 21.7 Å². The Bertz CT molecular complexity index is 720. The van der Waals surface area contributed by atoms with Crippen LogP contribution in [0.4, 0.5) is 5.00 Å². The highest BCUT2D eigenvalue weighted by Gasteiger charge is 2.34. The number of amides is 1. The van der Waals surface area contributed by atoms with Crippen LogP contribution in [-0.4, -0.2) is 38.4 Å². The van der Waals surface area contributed by atoms with Crippen LogP contribution in [0.25, 0.3) is 0 Å². The third-order valence-corrected chi connectivity index (χ3v) is 6.71. The average Bonchev–Trinajstić information content (AvgIpc) is 2.98. The number of esters is 1. The Labute approximate surface area is 140 Å². The van der Waals surface area contributed by atoms with E-state index in [-0.39, 0.29) is 24.0 Å². The molecular weight excluding hydrogens is 338 g/mol. The zero-order chi connectivity index (χ0) is 17.2. The van der Waals surface area contributed by atoms with Gasteiger partial charge in [-0.2, -0.15) is 0 Å². The standard InChI is InChI=1S/C15H21NO5S2/c1-4-11-9(3)22-14(12(11)15(18)21-5-2)16-13(17)10-6-7-23(19,20)8-10/h10H,4-8H2,1-3H3,(H,16,17). The van der Waals surface area contributed by atoms with E-state index in [0.29, 0.717) is 23.4 Å². The molecule has 0 aliphatic carbocycles. The number of carbonyl (C=O) groups excluding carboxylic acids is 2. The third-order valence-electron chi connectivity index (χ3n) is 3.88. The van der Waals surface area contributed by atoms with Gasteiger partial charge in [-0.05, 0) is 32.3 Å². The molecule has 2 rings (SSSR count). The summed E-state index contributed by atoms with van der Waals surface area (Å²) in [4.78, 5) is 25.5. The maximum absolute atomic E-state index is 12.3. The predicted molar refractivity (Wildman–Crippen MR) is 89.8 cm³/mol. The van der Waals surface area contributed by atoms with E-state index in [0.717, 1.165) is 10.4 Å². The summed E-state index contributed by atoms with van der Waals surface area (Å²) in [6, 6.07) is 0. The van der Waals surface area contributed by atoms with Crippen molar-refractivity contribution in [2.75, 3.05) is 23.4 Å². The molecule has 1 unspecified atom stereocenters. The number of thiophene rings is 1. The highest BCUT2D eigenvalue weighted by atomic mass is 32.2. The molecule has 0 spiro atoms. The Kier molecular flexibility index (Phi) is 5.46. The number of carbonyl (C=O) groups is 2. The van der Waals surface area contributed by atoms with Crippen molar-refractivity contribution >= 4 is 38.1 Å². The molecule has 1 atom stereocenters. The molecule has 128 valence electrons. The van der Waals surface area contributed by atoms with Gasteiger partial charge in [0.15, 0.2) is 9.84 Å². The maximum atomic E-state index is 12.3. The Morgan fingerprint density at radius 1 is 1.35 bits per heavy atom. The SMILES string of the molecule is CCOC(=O)c1c(NC(=O)C2CCS(=O)(=O)C2)sc(C)c1CC. The van der Waals surface area contributed by atoms with E-state index in [4.69, 9.17) is 4.74 Å². The first kappa shape index (κ1) is 17.9. The van der Waals surface area contributed by atoms with Gasteiger partial charge in [0.25, 0.3) is 0 Å². The zero-order valence-electron chi connectivity index (χ0n) is 13.5. The van der Waals surface area contributed by atoms with Gasteiger partial charge < -0.3 is 10.1 Å². The fraction of sp³-hybridized carbons (Fsp3) is 0.600. The average molecular weight is 359 g/mol. The number of nitrogens with one attached hydrogen (secondary N) is 1. The number of anilines is 1. The van der Waals surface area contributed by atoms with E-state index in [1.165, 1.54) is 11.3 Å². The normalized spacial score (nSPS) is 19.5. The minimum atomic E-state index is -3.12. The van der Waals surface area contributed by atoms with Crippen LogP contribution < -0.4 is 5.32 Å². The quantitative estimate of drug-likeness (QED) is 0.814. The summed E-state index contributed by atoms with van der Waals surface area (Å²) >= 11 is 1.32. The molecule has 8 heteroatoms. The Balaban J connectivity index is 2.26. The first-order valence-electron chi connectivity index (χ1n) is 7.59. The predicted octanol–water partition coefficient (Wildman–Crippen LogP) is 2.17. The van der Waals surface area contributed by atoms with Gasteiger partial charge in [-0.25, -0.2) is 13.2 Å². The van der Waals surface area contributed by atoms with Crippen LogP contribution in [0.2, 0.25) is 0 Å². The molecule has 1 aliphatic rings. The summed E-state index contributed by atoms with van der Waals surface area (Å²) in [7, 11) is -3.12. The van der Waals surface area contributed by atoms with Crippen molar-refractivity contribution in [3.05, 3.63) is 16.0 Å². The van der Waals surface area contributed by atoms with Crippen molar-refractivity contribution in [2.24, 2.45) is 5.92 Å². The number of aryl methyl sites for hydroxylation is 1. The molecule has 2 heterocycles. The van der Waals surface area contributed by atoms with Crippen molar-refractivity contribution < 1.29 is 22.7 Å². The number of rotatable bonds is 5. The fourth-order valence-corrected chi connectivity index (χ4v) is 5.60. The summed E-state index contributed by atoms with van der Waals surface area (Å²) in [5, 5.41) is 3.19. The van der Waals surface area contributed by atoms with Gasteiger partial charge in [-0.3, -0.25) is 4.79 Å². The van der Waals surface area contributed by atoms with Crippen molar-refractivity contribution in [3.8, 4) is 0 Å². The molecule has 1 saturated heterocycles. The molecule has 0 saturated carbocycles. The van der Waals surface area contributed by atoms with Crippen LogP contribution in [0.3, 0.4) is 0 Å². The second-order valence-corrected chi connectivity index (χ2v) is 8.96. The van der Waals surface area contributed by atoms with E-state index in [9.17, 15) is 18.0 Å². The van der Waals surface area contributed by atoms with Crippen LogP contribution in [0.5, 0.6) is 0 Å². The van der Waals surface area contributed by atoms with Crippen LogP contribution in [0, 0.1) is 12.8 Å². The monoisotopic (exact) mass is 359 g/mol. The Morgan fingerprint density at radius 2 is 2.04 bits per heavy atom. The van der Waals surface area contributed by atoms with Gasteiger partial charge in [0.1, 0.15) is 5.00 Å². The molecular formula is C15H21NO5S2. The van der Waals surface area contributed by atoms with Crippen molar-refractivity contribution in [1.29, 1.82) is 0 Å². The summed E-state index contributed by atoms with van der Waals surface area (Å²) in [5.41, 5.74) is 1.26. The molecule has 1 aromatic heterocycles. The summed E-state index contributed by atoms with van der Waals surface area (Å²) in [5.74, 6) is -1.44. The molecule has 0 bridgehead atoms. The van der Waals surface area contributed by atoms with Crippen molar-refractivity contribution in [3.63, 3.8) is 0 Å². The minimum Gasteiger partial charge on any atom is -0.462 e. The van der Waals surface area contributed by atoms with Gasteiger partial charge >= 0.3 is 5.97 Å². The lowest BCUT2D eigenvalue weighted by Gasteiger charge is -2.10. The highest BCUT2D eigenvalue weighted by molar-refractivity contribution is 7.91. The largest absolute Gasteiger partial charge is 0.462 e. The van der Waals surface area contributed by atoms with Gasteiger partial charge in [-0.15, -0.1) is 11.3 Å². The molecule has 1 N–H and O–H groups in total. The molecule has 1 fully saturated rings. The summed E-state index contributed by atoms with van der Waals surface area (Å²) in [6.07, 6.45) is 0.984. The topological polar surface area (TPSA) is 89.5 Å². The maximum Gasteiger partial charge on any atom is 0.341 e. The second-order valence-electron chi connectivity index (χ2n) is 5.50. The lowest BCUT2D eigenvalue weighted by atomic mass is 10.1. The van der Waals surface area contributed by atoms with Gasteiger partial charge in [0.2, 0.25) is 5.91 Å². The first-order chi connectivity index (χ1) is 10.8. The first-order valence-corrected chi connectivity index (χ1v) is 10.2. The molecule has 1 aliphatic heterocycles. The highest BCUT2D eigenvalue weighted by Crippen LogP contribution is 2.35. The lowest BCUT2D eigenvalue weighted by molar-refractivity contribution is -0.119. The minimum absolute atomic E-state index is 0.0412. The van der Waals surface area contributed by atoms with E-state index in [1.807, 2.05) is 13.8 Å². The smallest absolute Gasteiger partial charge is 0.341 e. The molecule has 23 heavy (non-hydrogen) atoms. The lowest BCUT2D eigenvalue weighted by Crippen LogP contribution is -2.24. The number of sulfone groups is 1. The van der Waals surface area contributed by atoms with Crippen LogP contribution in [0.15, 0.2) is 0 Å². The van der Waals surface area contributed by atoms with Gasteiger partial charge in [0, 0.05) is 4.88 Å². The fourth-order valence-electron chi connectivity index (χ4n) is 2.73. The third kappa shape index (κ3) is 3.92.